The van der Waals surface area contributed by atoms with Gasteiger partial charge in [-0.1, -0.05) is 29.8 Å². The Bertz CT molecular complexity index is 1020. The minimum Gasteiger partial charge on any atom is -0.395 e. The van der Waals surface area contributed by atoms with E-state index in [1.807, 2.05) is 79.3 Å². The largest absolute Gasteiger partial charge is 0.395 e. The van der Waals surface area contributed by atoms with Crippen molar-refractivity contribution >= 4 is 28.8 Å². The van der Waals surface area contributed by atoms with Gasteiger partial charge in [0.1, 0.15) is 5.70 Å². The summed E-state index contributed by atoms with van der Waals surface area (Å²) >= 11 is 0. The molecule has 0 radical (unpaired) electrons. The molecule has 7 nitrogen and oxygen atoms in total. The Morgan fingerprint density at radius 2 is 1.50 bits per heavy atom. The molecule has 2 heterocycles. The van der Waals surface area contributed by atoms with Crippen LogP contribution in [0.1, 0.15) is 11.1 Å². The number of aryl methyl sites for hydroxylation is 1. The van der Waals surface area contributed by atoms with Crippen LogP contribution in [0.4, 0.5) is 11.4 Å². The predicted octanol–water partition coefficient (Wildman–Crippen LogP) is 1.96. The molecule has 0 aromatic heterocycles. The van der Waals surface area contributed by atoms with E-state index in [4.69, 9.17) is 0 Å². The molecule has 0 unspecified atom stereocenters. The van der Waals surface area contributed by atoms with Crippen LogP contribution >= 0.6 is 0 Å². The normalized spacial score (nSPS) is 17.5. The quantitative estimate of drug-likeness (QED) is 0.701. The number of β-amino-alcohol motifs (C(OH)–C–C–N with tert-alkyl or cyclic N) is 1. The van der Waals surface area contributed by atoms with Crippen LogP contribution in [0.15, 0.2) is 54.2 Å². The molecule has 1 N–H and O–H groups in total. The topological polar surface area (TPSA) is 67.3 Å². The van der Waals surface area contributed by atoms with Gasteiger partial charge >= 0.3 is 0 Å². The lowest BCUT2D eigenvalue weighted by Crippen LogP contribution is -2.48. The van der Waals surface area contributed by atoms with E-state index in [1.54, 1.807) is 0 Å². The number of aliphatic hydroxyl groups is 1. The Morgan fingerprint density at radius 1 is 0.875 bits per heavy atom. The fourth-order valence-corrected chi connectivity index (χ4v) is 4.26. The van der Waals surface area contributed by atoms with E-state index in [1.165, 1.54) is 4.90 Å². The monoisotopic (exact) mass is 434 g/mol. The maximum atomic E-state index is 13.6. The van der Waals surface area contributed by atoms with E-state index in [9.17, 15) is 14.7 Å². The highest BCUT2D eigenvalue weighted by Crippen LogP contribution is 2.35. The lowest BCUT2D eigenvalue weighted by atomic mass is 10.0. The minimum atomic E-state index is -0.288. The molecule has 2 aromatic rings. The first-order chi connectivity index (χ1) is 15.4. The van der Waals surface area contributed by atoms with Gasteiger partial charge in [-0.25, -0.2) is 4.90 Å². The first-order valence-corrected chi connectivity index (χ1v) is 11.0. The third-order valence-corrected chi connectivity index (χ3v) is 6.13. The van der Waals surface area contributed by atoms with Gasteiger partial charge in [0.25, 0.3) is 11.8 Å². The van der Waals surface area contributed by atoms with Crippen molar-refractivity contribution < 1.29 is 14.7 Å². The van der Waals surface area contributed by atoms with Crippen molar-refractivity contribution in [3.05, 3.63) is 65.4 Å². The average molecular weight is 435 g/mol. The van der Waals surface area contributed by atoms with Gasteiger partial charge in [-0.2, -0.15) is 0 Å². The fourth-order valence-electron chi connectivity index (χ4n) is 4.26. The smallest absolute Gasteiger partial charge is 0.282 e. The molecule has 2 aromatic carbocycles. The summed E-state index contributed by atoms with van der Waals surface area (Å²) in [6.45, 7) is 5.49. The van der Waals surface area contributed by atoms with E-state index < -0.39 is 0 Å². The number of anilines is 2. The lowest BCUT2D eigenvalue weighted by molar-refractivity contribution is -0.120. The highest BCUT2D eigenvalue weighted by molar-refractivity contribution is 6.45. The lowest BCUT2D eigenvalue weighted by Gasteiger charge is -2.36. The SMILES string of the molecule is Cc1ccc(C2=C(N3CCN(CCO)CC3)C(=O)N(c3ccc(N(C)C)cc3)C2=O)cc1. The molecule has 0 spiro atoms. The van der Waals surface area contributed by atoms with Crippen LogP contribution in [0.2, 0.25) is 0 Å². The number of rotatable bonds is 6. The number of hydrogen-bond donors (Lipinski definition) is 1. The van der Waals surface area contributed by atoms with Crippen LogP contribution in [0.5, 0.6) is 0 Å². The molecular formula is C25H30N4O3. The maximum Gasteiger partial charge on any atom is 0.282 e. The summed E-state index contributed by atoms with van der Waals surface area (Å²) in [4.78, 5) is 34.7. The zero-order chi connectivity index (χ0) is 22.8. The summed E-state index contributed by atoms with van der Waals surface area (Å²) < 4.78 is 0. The van der Waals surface area contributed by atoms with Gasteiger partial charge < -0.3 is 14.9 Å². The molecular weight excluding hydrogens is 404 g/mol. The van der Waals surface area contributed by atoms with Gasteiger partial charge in [-0.15, -0.1) is 0 Å². The number of piperazine rings is 1. The van der Waals surface area contributed by atoms with Gasteiger partial charge in [0, 0.05) is 52.5 Å². The van der Waals surface area contributed by atoms with E-state index in [-0.39, 0.29) is 18.4 Å². The van der Waals surface area contributed by atoms with Crippen LogP contribution in [0.25, 0.3) is 5.57 Å². The minimum absolute atomic E-state index is 0.117. The van der Waals surface area contributed by atoms with Crippen molar-refractivity contribution in [1.29, 1.82) is 0 Å². The second-order valence-electron chi connectivity index (χ2n) is 8.50. The van der Waals surface area contributed by atoms with Crippen LogP contribution in [0, 0.1) is 6.92 Å². The number of hydrogen-bond acceptors (Lipinski definition) is 6. The molecule has 2 amide bonds. The maximum absolute atomic E-state index is 13.6. The van der Waals surface area contributed by atoms with Crippen LogP contribution in [-0.2, 0) is 9.59 Å². The number of carbonyl (C=O) groups is 2. The third-order valence-electron chi connectivity index (χ3n) is 6.13. The number of imide groups is 1. The third kappa shape index (κ3) is 4.13. The summed E-state index contributed by atoms with van der Waals surface area (Å²) in [6, 6.07) is 15.2. The molecule has 0 saturated carbocycles. The zero-order valence-electron chi connectivity index (χ0n) is 18.9. The van der Waals surface area contributed by atoms with E-state index in [2.05, 4.69) is 4.90 Å². The number of benzene rings is 2. The molecule has 2 aliphatic rings. The fraction of sp³-hybridized carbons (Fsp3) is 0.360. The number of carbonyl (C=O) groups excluding carboxylic acids is 2. The molecule has 0 aliphatic carbocycles. The van der Waals surface area contributed by atoms with Crippen molar-refractivity contribution in [2.75, 3.05) is 63.2 Å². The summed E-state index contributed by atoms with van der Waals surface area (Å²) in [5, 5.41) is 9.23. The number of amides is 2. The Hall–Kier alpha value is -3.16. The van der Waals surface area contributed by atoms with Crippen molar-refractivity contribution in [3.8, 4) is 0 Å². The molecule has 0 bridgehead atoms. The summed E-state index contributed by atoms with van der Waals surface area (Å²) in [7, 11) is 3.90. The molecule has 1 fully saturated rings. The average Bonchev–Trinajstić information content (AvgIpc) is 3.05. The number of aliphatic hydroxyl groups excluding tert-OH is 1. The molecule has 0 atom stereocenters. The molecule has 1 saturated heterocycles. The summed E-state index contributed by atoms with van der Waals surface area (Å²) in [5.41, 5.74) is 4.36. The standard InChI is InChI=1S/C25H30N4O3/c1-18-4-6-19(7-5-18)22-23(28-14-12-27(13-15-28)16-17-30)25(32)29(24(22)31)21-10-8-20(9-11-21)26(2)3/h4-11,30H,12-17H2,1-3H3. The molecule has 7 heteroatoms. The highest BCUT2D eigenvalue weighted by atomic mass is 16.3. The molecule has 2 aliphatic heterocycles. The van der Waals surface area contributed by atoms with Crippen molar-refractivity contribution in [1.82, 2.24) is 9.80 Å². The van der Waals surface area contributed by atoms with Crippen molar-refractivity contribution in [2.24, 2.45) is 0 Å². The zero-order valence-corrected chi connectivity index (χ0v) is 18.9. The highest BCUT2D eigenvalue weighted by Gasteiger charge is 2.43. The summed E-state index contributed by atoms with van der Waals surface area (Å²) in [5.74, 6) is -0.567. The molecule has 4 rings (SSSR count). The van der Waals surface area contributed by atoms with Gasteiger partial charge in [0.2, 0.25) is 0 Å². The first-order valence-electron chi connectivity index (χ1n) is 11.0. The molecule has 168 valence electrons. The van der Waals surface area contributed by atoms with E-state index in [0.29, 0.717) is 36.6 Å². The van der Waals surface area contributed by atoms with Gasteiger partial charge in [-0.05, 0) is 36.8 Å². The van der Waals surface area contributed by atoms with Gasteiger partial charge in [0.15, 0.2) is 0 Å². The Balaban J connectivity index is 1.71. The Labute approximate surface area is 189 Å². The van der Waals surface area contributed by atoms with Crippen molar-refractivity contribution in [2.45, 2.75) is 6.92 Å². The van der Waals surface area contributed by atoms with Crippen LogP contribution in [-0.4, -0.2) is 80.1 Å². The van der Waals surface area contributed by atoms with Crippen LogP contribution in [0.3, 0.4) is 0 Å². The van der Waals surface area contributed by atoms with Gasteiger partial charge in [0.05, 0.1) is 17.9 Å². The molecule has 32 heavy (non-hydrogen) atoms. The van der Waals surface area contributed by atoms with E-state index >= 15 is 0 Å². The van der Waals surface area contributed by atoms with Crippen molar-refractivity contribution in [3.63, 3.8) is 0 Å². The van der Waals surface area contributed by atoms with E-state index in [0.717, 1.165) is 29.9 Å². The van der Waals surface area contributed by atoms with Gasteiger partial charge in [-0.3, -0.25) is 14.5 Å². The first kappa shape index (κ1) is 22.0. The Morgan fingerprint density at radius 3 is 2.06 bits per heavy atom. The second-order valence-corrected chi connectivity index (χ2v) is 8.50. The second kappa shape index (κ2) is 9.14. The summed E-state index contributed by atoms with van der Waals surface area (Å²) in [6.07, 6.45) is 0. The Kier molecular flexibility index (Phi) is 6.30. The number of nitrogens with zero attached hydrogens (tertiary/aromatic N) is 4. The van der Waals surface area contributed by atoms with Crippen LogP contribution < -0.4 is 9.80 Å². The predicted molar refractivity (Wildman–Crippen MR) is 126 cm³/mol.